The molecule has 1 atom stereocenters. The van der Waals surface area contributed by atoms with Crippen LogP contribution in [0.4, 0.5) is 0 Å². The molecule has 22 heavy (non-hydrogen) atoms. The monoisotopic (exact) mass is 301 g/mol. The van der Waals surface area contributed by atoms with Gasteiger partial charge in [-0.2, -0.15) is 5.10 Å². The van der Waals surface area contributed by atoms with Crippen LogP contribution in [0.3, 0.4) is 0 Å². The predicted octanol–water partition coefficient (Wildman–Crippen LogP) is 0.681. The summed E-state index contributed by atoms with van der Waals surface area (Å²) < 4.78 is 3.93. The maximum Gasteiger partial charge on any atom is 0.193 e. The Labute approximate surface area is 130 Å². The number of aliphatic imine (C=N–C) groups is 1. The van der Waals surface area contributed by atoms with Gasteiger partial charge in [0.15, 0.2) is 5.96 Å². The molecule has 3 rings (SSSR count). The van der Waals surface area contributed by atoms with Crippen LogP contribution in [0.25, 0.3) is 0 Å². The van der Waals surface area contributed by atoms with Gasteiger partial charge < -0.3 is 14.8 Å². The quantitative estimate of drug-likeness (QED) is 0.666. The van der Waals surface area contributed by atoms with Crippen molar-refractivity contribution >= 4 is 5.96 Å². The van der Waals surface area contributed by atoms with Crippen LogP contribution in [-0.4, -0.2) is 56.9 Å². The Morgan fingerprint density at radius 2 is 2.41 bits per heavy atom. The number of nitrogens with zero attached hydrogens (tertiary/aromatic N) is 6. The molecule has 118 valence electrons. The molecule has 3 heterocycles. The summed E-state index contributed by atoms with van der Waals surface area (Å²) >= 11 is 0. The molecule has 1 N–H and O–H groups in total. The van der Waals surface area contributed by atoms with Crippen molar-refractivity contribution in [1.82, 2.24) is 29.5 Å². The van der Waals surface area contributed by atoms with E-state index in [1.807, 2.05) is 37.5 Å². The average molecular weight is 301 g/mol. The normalized spacial score (nSPS) is 18.9. The molecule has 0 saturated carbocycles. The van der Waals surface area contributed by atoms with Crippen molar-refractivity contribution in [1.29, 1.82) is 0 Å². The highest BCUT2D eigenvalue weighted by atomic mass is 15.3. The second kappa shape index (κ2) is 6.64. The van der Waals surface area contributed by atoms with Gasteiger partial charge in [0.25, 0.3) is 0 Å². The van der Waals surface area contributed by atoms with E-state index < -0.39 is 0 Å². The number of hydrogen-bond acceptors (Lipinski definition) is 3. The lowest BCUT2D eigenvalue weighted by molar-refractivity contribution is 0.482. The number of imidazole rings is 1. The van der Waals surface area contributed by atoms with Gasteiger partial charge in [-0.25, -0.2) is 4.98 Å². The second-order valence-electron chi connectivity index (χ2n) is 5.65. The summed E-state index contributed by atoms with van der Waals surface area (Å²) in [4.78, 5) is 10.8. The average Bonchev–Trinajstić information content (AvgIpc) is 3.24. The van der Waals surface area contributed by atoms with Gasteiger partial charge in [0, 0.05) is 64.8 Å². The number of likely N-dealkylation sites (tertiary alicyclic amines) is 1. The molecule has 0 spiro atoms. The first-order chi connectivity index (χ1) is 10.8. The molecule has 7 heteroatoms. The lowest BCUT2D eigenvalue weighted by Gasteiger charge is -2.21. The van der Waals surface area contributed by atoms with E-state index >= 15 is 0 Å². The van der Waals surface area contributed by atoms with Crippen LogP contribution in [-0.2, 0) is 13.6 Å². The Morgan fingerprint density at radius 3 is 3.09 bits per heavy atom. The smallest absolute Gasteiger partial charge is 0.193 e. The summed E-state index contributed by atoms with van der Waals surface area (Å²) in [5.41, 5.74) is 1.32. The summed E-state index contributed by atoms with van der Waals surface area (Å²) in [7, 11) is 3.81. The molecule has 0 aliphatic carbocycles. The Balaban J connectivity index is 1.51. The second-order valence-corrected chi connectivity index (χ2v) is 5.65. The number of guanidine groups is 1. The van der Waals surface area contributed by atoms with Crippen molar-refractivity contribution in [2.24, 2.45) is 12.0 Å². The van der Waals surface area contributed by atoms with Gasteiger partial charge in [0.05, 0.1) is 12.5 Å². The van der Waals surface area contributed by atoms with Crippen molar-refractivity contribution in [2.75, 3.05) is 26.7 Å². The Morgan fingerprint density at radius 1 is 1.50 bits per heavy atom. The Hall–Kier alpha value is -2.31. The Bertz CT molecular complexity index is 614. The molecule has 7 nitrogen and oxygen atoms in total. The van der Waals surface area contributed by atoms with E-state index in [0.717, 1.165) is 38.6 Å². The van der Waals surface area contributed by atoms with E-state index in [2.05, 4.69) is 36.1 Å². The van der Waals surface area contributed by atoms with E-state index in [1.165, 1.54) is 5.56 Å². The SMILES string of the molecule is CN=C(NCCn1ccnc1)N1CCC(c2cnn(C)c2)C1. The van der Waals surface area contributed by atoms with Gasteiger partial charge in [-0.1, -0.05) is 0 Å². The molecule has 2 aromatic rings. The van der Waals surface area contributed by atoms with Crippen LogP contribution in [0.5, 0.6) is 0 Å². The highest BCUT2D eigenvalue weighted by Gasteiger charge is 2.26. The van der Waals surface area contributed by atoms with E-state index in [-0.39, 0.29) is 0 Å². The summed E-state index contributed by atoms with van der Waals surface area (Å²) in [6.45, 7) is 3.76. The fourth-order valence-electron chi connectivity index (χ4n) is 2.92. The molecule has 1 aliphatic rings. The largest absolute Gasteiger partial charge is 0.354 e. The zero-order valence-corrected chi connectivity index (χ0v) is 13.2. The number of hydrogen-bond donors (Lipinski definition) is 1. The van der Waals surface area contributed by atoms with Crippen molar-refractivity contribution in [2.45, 2.75) is 18.9 Å². The van der Waals surface area contributed by atoms with Gasteiger partial charge in [-0.15, -0.1) is 0 Å². The van der Waals surface area contributed by atoms with Crippen molar-refractivity contribution in [3.8, 4) is 0 Å². The molecule has 0 bridgehead atoms. The molecule has 1 saturated heterocycles. The summed E-state index contributed by atoms with van der Waals surface area (Å²) in [5, 5.41) is 7.71. The summed E-state index contributed by atoms with van der Waals surface area (Å²) in [6, 6.07) is 0. The first-order valence-electron chi connectivity index (χ1n) is 7.66. The molecule has 1 unspecified atom stereocenters. The number of aromatic nitrogens is 4. The number of nitrogens with one attached hydrogen (secondary N) is 1. The Kier molecular flexibility index (Phi) is 4.41. The number of rotatable bonds is 4. The van der Waals surface area contributed by atoms with Crippen molar-refractivity contribution in [3.63, 3.8) is 0 Å². The molecule has 1 fully saturated rings. The fraction of sp³-hybridized carbons (Fsp3) is 0.533. The highest BCUT2D eigenvalue weighted by molar-refractivity contribution is 5.80. The molecular formula is C15H23N7. The minimum atomic E-state index is 0.542. The van der Waals surface area contributed by atoms with Crippen molar-refractivity contribution in [3.05, 3.63) is 36.7 Å². The lowest BCUT2D eigenvalue weighted by Crippen LogP contribution is -2.41. The predicted molar refractivity (Wildman–Crippen MR) is 85.7 cm³/mol. The molecule has 0 aromatic carbocycles. The van der Waals surface area contributed by atoms with Gasteiger partial charge in [0.2, 0.25) is 0 Å². The van der Waals surface area contributed by atoms with Gasteiger partial charge in [-0.3, -0.25) is 9.67 Å². The first kappa shape index (κ1) is 14.6. The molecular weight excluding hydrogens is 278 g/mol. The maximum atomic E-state index is 4.41. The zero-order valence-electron chi connectivity index (χ0n) is 13.2. The van der Waals surface area contributed by atoms with E-state index in [9.17, 15) is 0 Å². The first-order valence-corrected chi connectivity index (χ1v) is 7.66. The van der Waals surface area contributed by atoms with E-state index in [4.69, 9.17) is 0 Å². The van der Waals surface area contributed by atoms with Gasteiger partial charge in [0.1, 0.15) is 0 Å². The molecule has 0 amide bonds. The van der Waals surface area contributed by atoms with Crippen molar-refractivity contribution < 1.29 is 0 Å². The van der Waals surface area contributed by atoms with Crippen LogP contribution >= 0.6 is 0 Å². The van der Waals surface area contributed by atoms with Crippen LogP contribution in [0.15, 0.2) is 36.1 Å². The molecule has 0 radical (unpaired) electrons. The third-order valence-corrected chi connectivity index (χ3v) is 4.11. The topological polar surface area (TPSA) is 63.3 Å². The molecule has 2 aromatic heterocycles. The van der Waals surface area contributed by atoms with Crippen LogP contribution < -0.4 is 5.32 Å². The standard InChI is InChI=1S/C15H23N7/c1-16-15(18-5-8-21-7-4-17-12-21)22-6-3-13(11-22)14-9-19-20(2)10-14/h4,7,9-10,12-13H,3,5-6,8,11H2,1-2H3,(H,16,18). The maximum absolute atomic E-state index is 4.41. The van der Waals surface area contributed by atoms with E-state index in [1.54, 1.807) is 6.20 Å². The van der Waals surface area contributed by atoms with Crippen LogP contribution in [0, 0.1) is 0 Å². The van der Waals surface area contributed by atoms with Crippen LogP contribution in [0.1, 0.15) is 17.9 Å². The molecule has 1 aliphatic heterocycles. The van der Waals surface area contributed by atoms with Gasteiger partial charge in [-0.05, 0) is 12.0 Å². The third kappa shape index (κ3) is 3.29. The van der Waals surface area contributed by atoms with E-state index in [0.29, 0.717) is 5.92 Å². The number of aryl methyl sites for hydroxylation is 1. The zero-order chi connectivity index (χ0) is 15.4. The summed E-state index contributed by atoms with van der Waals surface area (Å²) in [6.07, 6.45) is 10.8. The highest BCUT2D eigenvalue weighted by Crippen LogP contribution is 2.26. The van der Waals surface area contributed by atoms with Crippen LogP contribution in [0.2, 0.25) is 0 Å². The minimum Gasteiger partial charge on any atom is -0.354 e. The van der Waals surface area contributed by atoms with Gasteiger partial charge >= 0.3 is 0 Å². The third-order valence-electron chi connectivity index (χ3n) is 4.11. The lowest BCUT2D eigenvalue weighted by atomic mass is 10.0. The minimum absolute atomic E-state index is 0.542. The summed E-state index contributed by atoms with van der Waals surface area (Å²) in [5.74, 6) is 1.52. The fourth-order valence-corrected chi connectivity index (χ4v) is 2.92.